The molecule has 1 aromatic heterocycles. The summed E-state index contributed by atoms with van der Waals surface area (Å²) in [5, 5.41) is 11.9. The van der Waals surface area contributed by atoms with Crippen LogP contribution in [0.4, 0.5) is 0 Å². The maximum absolute atomic E-state index is 13.3. The minimum Gasteiger partial charge on any atom is -0.480 e. The first-order valence-electron chi connectivity index (χ1n) is 12.2. The Hall–Kier alpha value is -2.34. The van der Waals surface area contributed by atoms with Crippen molar-refractivity contribution in [1.82, 2.24) is 4.90 Å². The van der Waals surface area contributed by atoms with E-state index in [9.17, 15) is 14.7 Å². The summed E-state index contributed by atoms with van der Waals surface area (Å²) in [6.07, 6.45) is 8.42. The van der Waals surface area contributed by atoms with Crippen molar-refractivity contribution < 1.29 is 19.1 Å². The third-order valence-electron chi connectivity index (χ3n) is 7.86. The number of amides is 1. The Bertz CT molecular complexity index is 1080. The van der Waals surface area contributed by atoms with Crippen LogP contribution in [-0.2, 0) is 17.6 Å². The molecule has 0 bridgehead atoms. The van der Waals surface area contributed by atoms with Gasteiger partial charge < -0.3 is 19.2 Å². The maximum atomic E-state index is 13.3. The van der Waals surface area contributed by atoms with E-state index in [1.165, 1.54) is 0 Å². The number of aryl methyl sites for hydroxylation is 1. The van der Waals surface area contributed by atoms with Crippen LogP contribution in [0.3, 0.4) is 0 Å². The molecule has 172 valence electrons. The summed E-state index contributed by atoms with van der Waals surface area (Å²) in [6, 6.07) is 5.58. The van der Waals surface area contributed by atoms with Crippen molar-refractivity contribution in [2.45, 2.75) is 82.8 Å². The smallest absolute Gasteiger partial charge is 0.339 e. The molecular formula is C26H33NO5. The molecule has 5 rings (SSSR count). The van der Waals surface area contributed by atoms with Gasteiger partial charge in [0.15, 0.2) is 6.10 Å². The summed E-state index contributed by atoms with van der Waals surface area (Å²) in [6.45, 7) is 3.12. The third-order valence-corrected chi connectivity index (χ3v) is 7.86. The third kappa shape index (κ3) is 3.83. The van der Waals surface area contributed by atoms with Gasteiger partial charge in [0.05, 0.1) is 5.60 Å². The summed E-state index contributed by atoms with van der Waals surface area (Å²) < 4.78 is 11.7. The van der Waals surface area contributed by atoms with Crippen LogP contribution in [0.1, 0.15) is 69.4 Å². The van der Waals surface area contributed by atoms with Gasteiger partial charge in [-0.1, -0.05) is 19.8 Å². The predicted molar refractivity (Wildman–Crippen MR) is 122 cm³/mol. The standard InChI is InChI=1S/C26H33NO5/c1-2-22(24(28)27-14-13-26(30)12-6-5-7-17(26)16-27)31-18-10-11-20-19-8-3-4-9-21(19)25(29)32-23(20)15-18/h10-11,15,17,22,30H,2-9,12-14,16H2,1H3/t17-,22-,26-/m1/s1. The number of rotatable bonds is 4. The van der Waals surface area contributed by atoms with E-state index < -0.39 is 11.7 Å². The molecule has 1 aliphatic heterocycles. The van der Waals surface area contributed by atoms with Gasteiger partial charge in [-0.05, 0) is 69.1 Å². The summed E-state index contributed by atoms with van der Waals surface area (Å²) in [4.78, 5) is 27.6. The number of carbonyl (C=O) groups is 1. The van der Waals surface area contributed by atoms with Crippen molar-refractivity contribution in [1.29, 1.82) is 0 Å². The van der Waals surface area contributed by atoms with E-state index in [-0.39, 0.29) is 17.5 Å². The van der Waals surface area contributed by atoms with Crippen LogP contribution in [0.15, 0.2) is 27.4 Å². The van der Waals surface area contributed by atoms with Gasteiger partial charge in [-0.25, -0.2) is 4.79 Å². The first-order valence-corrected chi connectivity index (χ1v) is 12.2. The van der Waals surface area contributed by atoms with Crippen molar-refractivity contribution in [2.75, 3.05) is 13.1 Å². The second-order valence-corrected chi connectivity index (χ2v) is 9.81. The van der Waals surface area contributed by atoms with Gasteiger partial charge in [0.25, 0.3) is 5.91 Å². The van der Waals surface area contributed by atoms with Crippen LogP contribution < -0.4 is 10.4 Å². The molecule has 0 unspecified atom stereocenters. The molecule has 6 heteroatoms. The average molecular weight is 440 g/mol. The summed E-state index contributed by atoms with van der Waals surface area (Å²) in [5.74, 6) is 0.683. The minimum atomic E-state index is -0.605. The lowest BCUT2D eigenvalue weighted by Crippen LogP contribution is -2.56. The highest BCUT2D eigenvalue weighted by Gasteiger charge is 2.44. The molecule has 2 heterocycles. The fourth-order valence-electron chi connectivity index (χ4n) is 5.95. The number of benzene rings is 1. The zero-order valence-corrected chi connectivity index (χ0v) is 18.9. The zero-order valence-electron chi connectivity index (χ0n) is 18.9. The quantitative estimate of drug-likeness (QED) is 0.729. The highest BCUT2D eigenvalue weighted by Crippen LogP contribution is 2.40. The molecule has 1 aromatic carbocycles. The van der Waals surface area contributed by atoms with Crippen LogP contribution in [-0.4, -0.2) is 40.7 Å². The molecule has 6 nitrogen and oxygen atoms in total. The van der Waals surface area contributed by atoms with Gasteiger partial charge in [-0.2, -0.15) is 0 Å². The van der Waals surface area contributed by atoms with Gasteiger partial charge in [-0.15, -0.1) is 0 Å². The van der Waals surface area contributed by atoms with E-state index in [0.717, 1.165) is 67.9 Å². The monoisotopic (exact) mass is 439 g/mol. The summed E-state index contributed by atoms with van der Waals surface area (Å²) >= 11 is 0. The van der Waals surface area contributed by atoms with Crippen molar-refractivity contribution in [3.05, 3.63) is 39.7 Å². The Morgan fingerprint density at radius 1 is 1.22 bits per heavy atom. The van der Waals surface area contributed by atoms with E-state index in [4.69, 9.17) is 9.15 Å². The fraction of sp³-hybridized carbons (Fsp3) is 0.615. The van der Waals surface area contributed by atoms with Gasteiger partial charge in [0.2, 0.25) is 0 Å². The SMILES string of the molecule is CC[C@@H](Oc1ccc2c3c(c(=O)oc2c1)CCCC3)C(=O)N1CC[C@]2(O)CCCC[C@@H]2C1. The van der Waals surface area contributed by atoms with Crippen molar-refractivity contribution in [3.63, 3.8) is 0 Å². The number of carbonyl (C=O) groups excluding carboxylic acids is 1. The molecule has 1 N–H and O–H groups in total. The van der Waals surface area contributed by atoms with Crippen LogP contribution in [0.2, 0.25) is 0 Å². The number of hydrogen-bond donors (Lipinski definition) is 1. The Kier molecular flexibility index (Phi) is 5.74. The molecular weight excluding hydrogens is 406 g/mol. The molecule has 2 aliphatic carbocycles. The summed E-state index contributed by atoms with van der Waals surface area (Å²) in [5.41, 5.74) is 1.59. The van der Waals surface area contributed by atoms with E-state index in [1.807, 2.05) is 24.0 Å². The number of piperidine rings is 1. The number of hydrogen-bond acceptors (Lipinski definition) is 5. The zero-order chi connectivity index (χ0) is 22.3. The molecule has 2 fully saturated rings. The van der Waals surface area contributed by atoms with Gasteiger partial charge in [-0.3, -0.25) is 4.79 Å². The van der Waals surface area contributed by atoms with E-state index in [0.29, 0.717) is 37.3 Å². The van der Waals surface area contributed by atoms with Crippen LogP contribution in [0.25, 0.3) is 11.0 Å². The molecule has 0 radical (unpaired) electrons. The van der Waals surface area contributed by atoms with Crippen LogP contribution >= 0.6 is 0 Å². The van der Waals surface area contributed by atoms with Gasteiger partial charge in [0.1, 0.15) is 11.3 Å². The highest BCUT2D eigenvalue weighted by molar-refractivity contribution is 5.84. The van der Waals surface area contributed by atoms with Crippen molar-refractivity contribution in [3.8, 4) is 5.75 Å². The van der Waals surface area contributed by atoms with E-state index in [2.05, 4.69) is 0 Å². The lowest BCUT2D eigenvalue weighted by atomic mass is 9.71. The number of likely N-dealkylation sites (tertiary alicyclic amines) is 1. The number of nitrogens with zero attached hydrogens (tertiary/aromatic N) is 1. The predicted octanol–water partition coefficient (Wildman–Crippen LogP) is 3.98. The molecule has 3 aliphatic rings. The lowest BCUT2D eigenvalue weighted by Gasteiger charge is -2.47. The Balaban J connectivity index is 1.34. The van der Waals surface area contributed by atoms with Crippen molar-refractivity contribution in [2.24, 2.45) is 5.92 Å². The highest BCUT2D eigenvalue weighted by atomic mass is 16.5. The van der Waals surface area contributed by atoms with E-state index >= 15 is 0 Å². The number of ether oxygens (including phenoxy) is 1. The van der Waals surface area contributed by atoms with Crippen LogP contribution in [0, 0.1) is 5.92 Å². The molecule has 2 aromatic rings. The molecule has 3 atom stereocenters. The van der Waals surface area contributed by atoms with Gasteiger partial charge in [0, 0.05) is 36.0 Å². The van der Waals surface area contributed by atoms with Crippen LogP contribution in [0.5, 0.6) is 5.75 Å². The Labute approximate surface area is 188 Å². The molecule has 1 saturated carbocycles. The topological polar surface area (TPSA) is 80.0 Å². The molecule has 1 amide bonds. The second-order valence-electron chi connectivity index (χ2n) is 9.81. The fourth-order valence-corrected chi connectivity index (χ4v) is 5.95. The Morgan fingerprint density at radius 2 is 2.03 bits per heavy atom. The molecule has 1 saturated heterocycles. The van der Waals surface area contributed by atoms with E-state index in [1.54, 1.807) is 6.07 Å². The molecule has 0 spiro atoms. The maximum Gasteiger partial charge on any atom is 0.339 e. The number of aliphatic hydroxyl groups is 1. The minimum absolute atomic E-state index is 0.0212. The lowest BCUT2D eigenvalue weighted by molar-refractivity contribution is -0.150. The summed E-state index contributed by atoms with van der Waals surface area (Å²) in [7, 11) is 0. The largest absolute Gasteiger partial charge is 0.480 e. The van der Waals surface area contributed by atoms with Crippen molar-refractivity contribution >= 4 is 16.9 Å². The number of fused-ring (bicyclic) bond motifs is 4. The first kappa shape index (κ1) is 21.5. The Morgan fingerprint density at radius 3 is 2.84 bits per heavy atom. The molecule has 32 heavy (non-hydrogen) atoms. The van der Waals surface area contributed by atoms with Gasteiger partial charge >= 0.3 is 5.63 Å². The normalized spacial score (nSPS) is 26.3. The first-order chi connectivity index (χ1) is 15.5. The second kappa shape index (κ2) is 8.54. The average Bonchev–Trinajstić information content (AvgIpc) is 2.81.